The maximum Gasteiger partial charge on any atom is 0.374 e. The number of rotatable bonds is 3. The average molecular weight is 321 g/mol. The van der Waals surface area contributed by atoms with Gasteiger partial charge in [0.15, 0.2) is 17.5 Å². The van der Waals surface area contributed by atoms with Crippen molar-refractivity contribution in [1.82, 2.24) is 9.78 Å². The van der Waals surface area contributed by atoms with Gasteiger partial charge in [-0.15, -0.1) is 0 Å². The van der Waals surface area contributed by atoms with Crippen molar-refractivity contribution in [1.29, 1.82) is 0 Å². The van der Waals surface area contributed by atoms with Gasteiger partial charge in [0.1, 0.15) is 11.4 Å². The topological polar surface area (TPSA) is 61.0 Å². The first-order chi connectivity index (χ1) is 10.1. The number of hydrogen-bond acceptors (Lipinski definition) is 3. The van der Waals surface area contributed by atoms with Crippen molar-refractivity contribution in [3.05, 3.63) is 56.7 Å². The van der Waals surface area contributed by atoms with Gasteiger partial charge in [0.2, 0.25) is 0 Å². The molecule has 5 nitrogen and oxygen atoms in total. The van der Waals surface area contributed by atoms with Gasteiger partial charge in [-0.2, -0.15) is 18.6 Å². The fraction of sp³-hybridized carbons (Fsp3) is 0.250. The Bertz CT molecular complexity index is 773. The van der Waals surface area contributed by atoms with E-state index in [1.807, 2.05) is 0 Å². The lowest BCUT2D eigenvalue weighted by atomic mass is 10.1. The number of alkyl halides is 2. The Labute approximate surface area is 120 Å². The normalized spacial score (nSPS) is 11.8. The number of nitro groups is 1. The van der Waals surface area contributed by atoms with Gasteiger partial charge < -0.3 is 0 Å². The fourth-order valence-corrected chi connectivity index (χ4v) is 2.04. The summed E-state index contributed by atoms with van der Waals surface area (Å²) >= 11 is 0. The monoisotopic (exact) mass is 321 g/mol. The molecule has 0 fully saturated rings. The smallest absolute Gasteiger partial charge is 0.258 e. The van der Waals surface area contributed by atoms with Crippen LogP contribution in [0.2, 0.25) is 0 Å². The number of aromatic nitrogens is 2. The second kappa shape index (κ2) is 5.04. The predicted octanol–water partition coefficient (Wildman–Crippen LogP) is 3.42. The van der Waals surface area contributed by atoms with Gasteiger partial charge in [0.05, 0.1) is 10.5 Å². The third-order valence-corrected chi connectivity index (χ3v) is 3.06. The van der Waals surface area contributed by atoms with Crippen LogP contribution < -0.4 is 0 Å². The molecule has 10 heteroatoms. The Morgan fingerprint density at radius 2 is 1.77 bits per heavy atom. The van der Waals surface area contributed by atoms with Crippen LogP contribution in [0.5, 0.6) is 0 Å². The van der Waals surface area contributed by atoms with Crippen molar-refractivity contribution >= 4 is 5.69 Å². The minimum absolute atomic E-state index is 0.0871. The molecule has 0 aliphatic carbocycles. The lowest BCUT2D eigenvalue weighted by molar-refractivity contribution is -0.386. The van der Waals surface area contributed by atoms with E-state index < -0.39 is 45.4 Å². The molecule has 22 heavy (non-hydrogen) atoms. The minimum atomic E-state index is -4.23. The molecule has 0 aliphatic rings. The van der Waals surface area contributed by atoms with E-state index >= 15 is 0 Å². The van der Waals surface area contributed by atoms with Crippen molar-refractivity contribution in [2.45, 2.75) is 19.9 Å². The molecule has 1 aromatic carbocycles. The molecule has 0 spiro atoms. The molecule has 0 unspecified atom stereocenters. The van der Waals surface area contributed by atoms with Crippen molar-refractivity contribution in [3.63, 3.8) is 0 Å². The lowest BCUT2D eigenvalue weighted by Gasteiger charge is -2.19. The molecule has 0 aliphatic heterocycles. The molecule has 2 aromatic rings. The summed E-state index contributed by atoms with van der Waals surface area (Å²) < 4.78 is 68.1. The van der Waals surface area contributed by atoms with Crippen LogP contribution in [0, 0.1) is 41.4 Å². The van der Waals surface area contributed by atoms with Gasteiger partial charge in [0.25, 0.3) is 0 Å². The number of hydrogen-bond donors (Lipinski definition) is 0. The van der Waals surface area contributed by atoms with Crippen LogP contribution in [0.3, 0.4) is 0 Å². The number of aryl methyl sites for hydroxylation is 1. The number of nitrogens with zero attached hydrogens (tertiary/aromatic N) is 3. The second-order valence-corrected chi connectivity index (χ2v) is 4.45. The molecule has 2 rings (SSSR count). The van der Waals surface area contributed by atoms with Crippen LogP contribution in [0.4, 0.5) is 27.6 Å². The molecule has 0 N–H and O–H groups in total. The summed E-state index contributed by atoms with van der Waals surface area (Å²) in [7, 11) is 0. The molecular formula is C12H8F5N3O2. The summed E-state index contributed by atoms with van der Waals surface area (Å²) in [5.74, 6) is -5.77. The van der Waals surface area contributed by atoms with Crippen molar-refractivity contribution < 1.29 is 26.9 Å². The SMILES string of the molecule is Cc1nn(C(F)(F)c2ccc(F)c(F)c2F)c(C)c1[N+](=O)[O-]. The van der Waals surface area contributed by atoms with Gasteiger partial charge in [-0.3, -0.25) is 10.1 Å². The number of benzene rings is 1. The van der Waals surface area contributed by atoms with Crippen molar-refractivity contribution in [3.8, 4) is 0 Å². The van der Waals surface area contributed by atoms with E-state index in [4.69, 9.17) is 0 Å². The Balaban J connectivity index is 2.69. The Kier molecular flexibility index (Phi) is 3.63. The molecule has 0 saturated heterocycles. The van der Waals surface area contributed by atoms with Crippen LogP contribution in [0.15, 0.2) is 12.1 Å². The minimum Gasteiger partial charge on any atom is -0.258 e. The van der Waals surface area contributed by atoms with Gasteiger partial charge in [-0.1, -0.05) is 0 Å². The van der Waals surface area contributed by atoms with E-state index in [2.05, 4.69) is 5.10 Å². The van der Waals surface area contributed by atoms with Gasteiger partial charge in [-0.25, -0.2) is 13.2 Å². The summed E-state index contributed by atoms with van der Waals surface area (Å²) in [6.07, 6.45) is 0. The van der Waals surface area contributed by atoms with E-state index in [-0.39, 0.29) is 10.4 Å². The molecular weight excluding hydrogens is 313 g/mol. The molecule has 1 aromatic heterocycles. The van der Waals surface area contributed by atoms with E-state index in [1.165, 1.54) is 0 Å². The molecule has 1 heterocycles. The predicted molar refractivity (Wildman–Crippen MR) is 64.0 cm³/mol. The third kappa shape index (κ3) is 2.20. The highest BCUT2D eigenvalue weighted by atomic mass is 19.3. The van der Waals surface area contributed by atoms with E-state index in [1.54, 1.807) is 0 Å². The summed E-state index contributed by atoms with van der Waals surface area (Å²) in [6.45, 7) is 2.11. The van der Waals surface area contributed by atoms with Gasteiger partial charge in [0, 0.05) is 0 Å². The van der Waals surface area contributed by atoms with E-state index in [0.717, 1.165) is 13.8 Å². The standard InChI is InChI=1S/C12H8F5N3O2/c1-5-11(20(21)22)6(2)19(18-5)12(16,17)7-3-4-8(13)10(15)9(7)14/h3-4H,1-2H3. The summed E-state index contributed by atoms with van der Waals surface area (Å²) in [6, 6.07) is -3.54. The first-order valence-electron chi connectivity index (χ1n) is 5.82. The second-order valence-electron chi connectivity index (χ2n) is 4.45. The third-order valence-electron chi connectivity index (χ3n) is 3.06. The quantitative estimate of drug-likeness (QED) is 0.377. The zero-order valence-electron chi connectivity index (χ0n) is 11.2. The highest BCUT2D eigenvalue weighted by Crippen LogP contribution is 2.36. The van der Waals surface area contributed by atoms with Crippen LogP contribution in [0.25, 0.3) is 0 Å². The van der Waals surface area contributed by atoms with Crippen LogP contribution in [0.1, 0.15) is 17.0 Å². The summed E-state index contributed by atoms with van der Waals surface area (Å²) in [5, 5.41) is 14.1. The van der Waals surface area contributed by atoms with Crippen LogP contribution >= 0.6 is 0 Å². The maximum absolute atomic E-state index is 14.3. The van der Waals surface area contributed by atoms with Gasteiger partial charge >= 0.3 is 11.7 Å². The van der Waals surface area contributed by atoms with E-state index in [0.29, 0.717) is 12.1 Å². The Morgan fingerprint density at radius 1 is 1.18 bits per heavy atom. The van der Waals surface area contributed by atoms with Crippen molar-refractivity contribution in [2.75, 3.05) is 0 Å². The molecule has 0 radical (unpaired) electrons. The van der Waals surface area contributed by atoms with Gasteiger partial charge in [-0.05, 0) is 26.0 Å². The molecule has 118 valence electrons. The fourth-order valence-electron chi connectivity index (χ4n) is 2.04. The van der Waals surface area contributed by atoms with E-state index in [9.17, 15) is 32.1 Å². The first kappa shape index (κ1) is 15.9. The van der Waals surface area contributed by atoms with Crippen LogP contribution in [-0.2, 0) is 6.05 Å². The molecule has 0 amide bonds. The molecule has 0 bridgehead atoms. The molecule has 0 atom stereocenters. The average Bonchev–Trinajstić information content (AvgIpc) is 2.71. The lowest BCUT2D eigenvalue weighted by Crippen LogP contribution is -2.29. The molecule has 0 saturated carbocycles. The first-order valence-corrected chi connectivity index (χ1v) is 5.82. The summed E-state index contributed by atoms with van der Waals surface area (Å²) in [5.41, 5.74) is -3.00. The largest absolute Gasteiger partial charge is 0.374 e. The highest BCUT2D eigenvalue weighted by molar-refractivity contribution is 5.41. The zero-order valence-corrected chi connectivity index (χ0v) is 11.2. The maximum atomic E-state index is 14.3. The van der Waals surface area contributed by atoms with Crippen molar-refractivity contribution in [2.24, 2.45) is 0 Å². The highest BCUT2D eigenvalue weighted by Gasteiger charge is 2.43. The van der Waals surface area contributed by atoms with Crippen LogP contribution in [-0.4, -0.2) is 14.7 Å². The summed E-state index contributed by atoms with van der Waals surface area (Å²) in [4.78, 5) is 9.90. The zero-order chi connectivity index (χ0) is 16.8. The Morgan fingerprint density at radius 3 is 2.27 bits per heavy atom. The Hall–Kier alpha value is -2.52. The number of halogens is 5.